The molecule has 0 saturated heterocycles. The van der Waals surface area contributed by atoms with Crippen molar-refractivity contribution in [1.29, 1.82) is 0 Å². The molecule has 0 saturated carbocycles. The Labute approximate surface area is 198 Å². The van der Waals surface area contributed by atoms with Gasteiger partial charge in [-0.25, -0.2) is 0 Å². The van der Waals surface area contributed by atoms with E-state index in [9.17, 15) is 10.2 Å². The minimum absolute atomic E-state index is 0.00859. The van der Waals surface area contributed by atoms with E-state index in [0.29, 0.717) is 11.5 Å². The van der Waals surface area contributed by atoms with Gasteiger partial charge in [-0.1, -0.05) is 114 Å². The largest absolute Gasteiger partial charge is 0.508 e. The number of phenols is 2. The first-order valence-electron chi connectivity index (χ1n) is 11.9. The van der Waals surface area contributed by atoms with Crippen LogP contribution in [0, 0.1) is 0 Å². The van der Waals surface area contributed by atoms with Crippen LogP contribution in [0.1, 0.15) is 118 Å². The van der Waals surface area contributed by atoms with Crippen LogP contribution in [0.4, 0.5) is 0 Å². The Morgan fingerprint density at radius 2 is 0.969 bits per heavy atom. The third-order valence-corrected chi connectivity index (χ3v) is 5.86. The van der Waals surface area contributed by atoms with Gasteiger partial charge in [0.05, 0.1) is 0 Å². The SMILES string of the molecule is CC(C)(C)c1ccc(O)c(C(C)(C)C)c1.CCc1cc(C(C)(C)C)c(O)c(C(C)(C)C)c1. The molecule has 2 N–H and O–H groups in total. The number of aryl methyl sites for hydroxylation is 1. The highest BCUT2D eigenvalue weighted by Gasteiger charge is 2.26. The Kier molecular flexibility index (Phi) is 8.33. The molecule has 2 nitrogen and oxygen atoms in total. The quantitative estimate of drug-likeness (QED) is 0.466. The van der Waals surface area contributed by atoms with Gasteiger partial charge < -0.3 is 10.2 Å². The maximum absolute atomic E-state index is 10.5. The molecule has 0 heterocycles. The highest BCUT2D eigenvalue weighted by atomic mass is 16.3. The predicted molar refractivity (Wildman–Crippen MR) is 140 cm³/mol. The maximum Gasteiger partial charge on any atom is 0.123 e. The molecule has 32 heavy (non-hydrogen) atoms. The second-order valence-electron chi connectivity index (χ2n) is 13.1. The van der Waals surface area contributed by atoms with Crippen LogP contribution in [0.5, 0.6) is 11.5 Å². The van der Waals surface area contributed by atoms with Crippen molar-refractivity contribution in [3.05, 3.63) is 58.1 Å². The van der Waals surface area contributed by atoms with Crippen molar-refractivity contribution in [2.45, 2.75) is 118 Å². The highest BCUT2D eigenvalue weighted by molar-refractivity contribution is 5.50. The number of hydrogen-bond acceptors (Lipinski definition) is 2. The van der Waals surface area contributed by atoms with Crippen molar-refractivity contribution in [1.82, 2.24) is 0 Å². The molecule has 0 aliphatic heterocycles. The molecule has 0 fully saturated rings. The molecular formula is C30H48O2. The average Bonchev–Trinajstić information content (AvgIpc) is 2.58. The number of hydrogen-bond donors (Lipinski definition) is 2. The van der Waals surface area contributed by atoms with Crippen LogP contribution in [-0.2, 0) is 28.1 Å². The fraction of sp³-hybridized carbons (Fsp3) is 0.600. The Balaban J connectivity index is 0.000000323. The summed E-state index contributed by atoms with van der Waals surface area (Å²) in [6, 6.07) is 10.2. The molecule has 0 aliphatic rings. The second kappa shape index (κ2) is 9.49. The van der Waals surface area contributed by atoms with Gasteiger partial charge in [-0.3, -0.25) is 0 Å². The fourth-order valence-corrected chi connectivity index (χ4v) is 3.65. The lowest BCUT2D eigenvalue weighted by molar-refractivity contribution is 0.422. The van der Waals surface area contributed by atoms with Crippen molar-refractivity contribution < 1.29 is 10.2 Å². The van der Waals surface area contributed by atoms with E-state index in [4.69, 9.17) is 0 Å². The lowest BCUT2D eigenvalue weighted by Crippen LogP contribution is -2.17. The summed E-state index contributed by atoms with van der Waals surface area (Å²) in [7, 11) is 0. The van der Waals surface area contributed by atoms with E-state index in [1.807, 2.05) is 6.07 Å². The summed E-state index contributed by atoms with van der Waals surface area (Å²) in [4.78, 5) is 0. The standard InChI is InChI=1S/C16H26O.C14H22O/c1-8-11-9-12(15(2,3)4)14(17)13(10-11)16(5,6)7;1-13(2,3)10-7-8-12(15)11(9-10)14(4,5)6/h9-10,17H,8H2,1-7H3;7-9,15H,1-6H3. The predicted octanol–water partition coefficient (Wildman–Crippen LogP) is 8.54. The second-order valence-corrected chi connectivity index (χ2v) is 13.1. The zero-order valence-electron chi connectivity index (χ0n) is 23.0. The monoisotopic (exact) mass is 440 g/mol. The summed E-state index contributed by atoms with van der Waals surface area (Å²) in [5.41, 5.74) is 5.80. The van der Waals surface area contributed by atoms with Gasteiger partial charge in [-0.15, -0.1) is 0 Å². The van der Waals surface area contributed by atoms with Gasteiger partial charge in [-0.05, 0) is 62.0 Å². The molecule has 180 valence electrons. The van der Waals surface area contributed by atoms with Gasteiger partial charge in [0.2, 0.25) is 0 Å². The van der Waals surface area contributed by atoms with Gasteiger partial charge >= 0.3 is 0 Å². The van der Waals surface area contributed by atoms with Crippen molar-refractivity contribution in [3.8, 4) is 11.5 Å². The summed E-state index contributed by atoms with van der Waals surface area (Å²) in [5, 5.41) is 20.3. The molecule has 0 aliphatic carbocycles. The first-order chi connectivity index (χ1) is 14.2. The molecule has 0 spiro atoms. The van der Waals surface area contributed by atoms with E-state index >= 15 is 0 Å². The molecular weight excluding hydrogens is 392 g/mol. The van der Waals surface area contributed by atoms with Crippen LogP contribution in [0.15, 0.2) is 30.3 Å². The van der Waals surface area contributed by atoms with E-state index in [2.05, 4.69) is 108 Å². The average molecular weight is 441 g/mol. The molecule has 2 aromatic carbocycles. The third-order valence-electron chi connectivity index (χ3n) is 5.86. The fourth-order valence-electron chi connectivity index (χ4n) is 3.65. The first kappa shape index (κ1) is 28.1. The summed E-state index contributed by atoms with van der Waals surface area (Å²) >= 11 is 0. The van der Waals surface area contributed by atoms with Crippen molar-refractivity contribution in [2.75, 3.05) is 0 Å². The van der Waals surface area contributed by atoms with Gasteiger partial charge in [0, 0.05) is 0 Å². The van der Waals surface area contributed by atoms with Gasteiger partial charge in [0.1, 0.15) is 11.5 Å². The molecule has 0 atom stereocenters. The van der Waals surface area contributed by atoms with Gasteiger partial charge in [0.15, 0.2) is 0 Å². The smallest absolute Gasteiger partial charge is 0.123 e. The van der Waals surface area contributed by atoms with Crippen LogP contribution >= 0.6 is 0 Å². The third kappa shape index (κ3) is 7.29. The normalized spacial score (nSPS) is 12.9. The molecule has 2 rings (SSSR count). The molecule has 2 heteroatoms. The zero-order chi connectivity index (χ0) is 25.3. The summed E-state index contributed by atoms with van der Waals surface area (Å²) in [6.45, 7) is 28.0. The van der Waals surface area contributed by atoms with Crippen molar-refractivity contribution in [2.24, 2.45) is 0 Å². The maximum atomic E-state index is 10.5. The minimum atomic E-state index is -0.0186. The molecule has 0 aromatic heterocycles. The van der Waals surface area contributed by atoms with Crippen molar-refractivity contribution in [3.63, 3.8) is 0 Å². The van der Waals surface area contributed by atoms with Gasteiger partial charge in [0.25, 0.3) is 0 Å². The van der Waals surface area contributed by atoms with E-state index in [-0.39, 0.29) is 21.7 Å². The molecule has 0 radical (unpaired) electrons. The highest BCUT2D eigenvalue weighted by Crippen LogP contribution is 2.40. The van der Waals surface area contributed by atoms with Gasteiger partial charge in [-0.2, -0.15) is 0 Å². The van der Waals surface area contributed by atoms with Crippen molar-refractivity contribution >= 4 is 0 Å². The number of phenolic OH excluding ortho intramolecular Hbond substituents is 2. The lowest BCUT2D eigenvalue weighted by Gasteiger charge is -2.28. The number of aromatic hydroxyl groups is 2. The topological polar surface area (TPSA) is 40.5 Å². The van der Waals surface area contributed by atoms with Crippen LogP contribution in [0.25, 0.3) is 0 Å². The molecule has 0 bridgehead atoms. The van der Waals surface area contributed by atoms with E-state index in [1.54, 1.807) is 6.07 Å². The van der Waals surface area contributed by atoms with Crippen LogP contribution in [-0.4, -0.2) is 10.2 Å². The minimum Gasteiger partial charge on any atom is -0.508 e. The van der Waals surface area contributed by atoms with E-state index < -0.39 is 0 Å². The summed E-state index contributed by atoms with van der Waals surface area (Å²) in [5.74, 6) is 0.873. The van der Waals surface area contributed by atoms with Crippen LogP contribution < -0.4 is 0 Å². The number of benzene rings is 2. The summed E-state index contributed by atoms with van der Waals surface area (Å²) in [6.07, 6.45) is 1.01. The lowest BCUT2D eigenvalue weighted by atomic mass is 9.78. The number of rotatable bonds is 1. The molecule has 2 aromatic rings. The van der Waals surface area contributed by atoms with Crippen LogP contribution in [0.2, 0.25) is 0 Å². The Morgan fingerprint density at radius 1 is 0.562 bits per heavy atom. The first-order valence-corrected chi connectivity index (χ1v) is 11.9. The summed E-state index contributed by atoms with van der Waals surface area (Å²) < 4.78 is 0. The Bertz CT molecular complexity index is 873. The molecule has 0 unspecified atom stereocenters. The van der Waals surface area contributed by atoms with E-state index in [1.165, 1.54) is 11.1 Å². The Morgan fingerprint density at radius 3 is 1.28 bits per heavy atom. The van der Waals surface area contributed by atoms with Crippen LogP contribution in [0.3, 0.4) is 0 Å². The Hall–Kier alpha value is -1.96. The van der Waals surface area contributed by atoms with E-state index in [0.717, 1.165) is 23.1 Å². The zero-order valence-corrected chi connectivity index (χ0v) is 23.0. The molecule has 0 amide bonds.